The van der Waals surface area contributed by atoms with Gasteiger partial charge >= 0.3 is 5.97 Å². The Kier molecular flexibility index (Phi) is 5.14. The summed E-state index contributed by atoms with van der Waals surface area (Å²) in [5.74, 6) is -2.00. The number of carbonyl (C=O) groups excluding carboxylic acids is 3. The first-order valence-corrected chi connectivity index (χ1v) is 9.96. The second-order valence-corrected chi connectivity index (χ2v) is 7.76. The van der Waals surface area contributed by atoms with E-state index in [4.69, 9.17) is 4.74 Å². The quantitative estimate of drug-likeness (QED) is 0.503. The van der Waals surface area contributed by atoms with E-state index in [0.717, 1.165) is 4.90 Å². The fourth-order valence-corrected chi connectivity index (χ4v) is 3.73. The predicted octanol–water partition coefficient (Wildman–Crippen LogP) is 2.85. The zero-order valence-electron chi connectivity index (χ0n) is 17.3. The number of benzene rings is 2. The minimum Gasteiger partial charge on any atom is -0.453 e. The third-order valence-corrected chi connectivity index (χ3v) is 5.29. The second-order valence-electron chi connectivity index (χ2n) is 7.76. The first-order chi connectivity index (χ1) is 14.8. The van der Waals surface area contributed by atoms with Crippen LogP contribution in [0.2, 0.25) is 0 Å². The zero-order valence-corrected chi connectivity index (χ0v) is 17.3. The van der Waals surface area contributed by atoms with Crippen molar-refractivity contribution >= 4 is 28.7 Å². The average molecular weight is 419 g/mol. The van der Waals surface area contributed by atoms with Gasteiger partial charge in [-0.3, -0.25) is 19.3 Å². The monoisotopic (exact) mass is 419 g/mol. The molecule has 31 heavy (non-hydrogen) atoms. The Morgan fingerprint density at radius 3 is 2.13 bits per heavy atom. The number of nitrogens with zero attached hydrogens (tertiary/aromatic N) is 2. The van der Waals surface area contributed by atoms with E-state index in [-0.39, 0.29) is 28.4 Å². The van der Waals surface area contributed by atoms with E-state index in [9.17, 15) is 19.2 Å². The summed E-state index contributed by atoms with van der Waals surface area (Å²) in [6, 6.07) is 12.2. The van der Waals surface area contributed by atoms with Crippen molar-refractivity contribution < 1.29 is 19.1 Å². The summed E-state index contributed by atoms with van der Waals surface area (Å²) in [5, 5.41) is 0.427. The summed E-state index contributed by atoms with van der Waals surface area (Å²) >= 11 is 0. The predicted molar refractivity (Wildman–Crippen MR) is 112 cm³/mol. The molecule has 0 radical (unpaired) electrons. The molecule has 1 aliphatic heterocycles. The van der Waals surface area contributed by atoms with Crippen LogP contribution in [0.1, 0.15) is 53.4 Å². The van der Waals surface area contributed by atoms with Gasteiger partial charge in [-0.2, -0.15) is 0 Å². The third kappa shape index (κ3) is 3.50. The zero-order chi connectivity index (χ0) is 22.3. The number of carbonyl (C=O) groups is 3. The molecule has 3 aromatic rings. The van der Waals surface area contributed by atoms with Gasteiger partial charge in [0, 0.05) is 0 Å². The molecule has 1 N–H and O–H groups in total. The Morgan fingerprint density at radius 1 is 0.935 bits per heavy atom. The van der Waals surface area contributed by atoms with Crippen molar-refractivity contribution in [3.05, 3.63) is 75.8 Å². The van der Waals surface area contributed by atoms with E-state index in [1.54, 1.807) is 69.3 Å². The maximum absolute atomic E-state index is 13.1. The lowest BCUT2D eigenvalue weighted by atomic mass is 10.0. The SMILES string of the molecule is CC(C)[C@@H](C(=O)O[C@@H](C)c1nc2ccccc2c(=O)[nH]1)N1C(=O)c2ccccc2C1=O. The van der Waals surface area contributed by atoms with Crippen molar-refractivity contribution in [1.82, 2.24) is 14.9 Å². The van der Waals surface area contributed by atoms with E-state index < -0.39 is 29.9 Å². The first kappa shape index (κ1) is 20.5. The minimum absolute atomic E-state index is 0.182. The van der Waals surface area contributed by atoms with Crippen LogP contribution in [0.3, 0.4) is 0 Å². The number of ether oxygens (including phenoxy) is 1. The van der Waals surface area contributed by atoms with Gasteiger partial charge in [-0.15, -0.1) is 0 Å². The van der Waals surface area contributed by atoms with Crippen LogP contribution < -0.4 is 5.56 Å². The molecule has 0 unspecified atom stereocenters. The van der Waals surface area contributed by atoms with Crippen LogP contribution in [0.5, 0.6) is 0 Å². The van der Waals surface area contributed by atoms with Gasteiger partial charge in [0.2, 0.25) is 0 Å². The lowest BCUT2D eigenvalue weighted by molar-refractivity contribution is -0.155. The number of H-pyrrole nitrogens is 1. The van der Waals surface area contributed by atoms with E-state index >= 15 is 0 Å². The largest absolute Gasteiger partial charge is 0.453 e. The summed E-state index contributed by atoms with van der Waals surface area (Å²) < 4.78 is 5.55. The molecule has 0 bridgehead atoms. The molecule has 1 aromatic heterocycles. The van der Waals surface area contributed by atoms with Crippen molar-refractivity contribution in [2.45, 2.75) is 32.9 Å². The number of imide groups is 1. The van der Waals surface area contributed by atoms with Crippen molar-refractivity contribution in [3.8, 4) is 0 Å². The first-order valence-electron chi connectivity index (χ1n) is 9.96. The molecular weight excluding hydrogens is 398 g/mol. The minimum atomic E-state index is -1.11. The third-order valence-electron chi connectivity index (χ3n) is 5.29. The number of hydrogen-bond acceptors (Lipinski definition) is 6. The lowest BCUT2D eigenvalue weighted by Gasteiger charge is -2.28. The smallest absolute Gasteiger partial charge is 0.330 e. The van der Waals surface area contributed by atoms with Crippen LogP contribution in [0.25, 0.3) is 10.9 Å². The number of nitrogens with one attached hydrogen (secondary N) is 1. The molecule has 1 aliphatic rings. The Bertz CT molecular complexity index is 1230. The number of hydrogen-bond donors (Lipinski definition) is 1. The average Bonchev–Trinajstić information content (AvgIpc) is 2.99. The van der Waals surface area contributed by atoms with Crippen LogP contribution in [0.15, 0.2) is 53.3 Å². The highest BCUT2D eigenvalue weighted by Gasteiger charge is 2.45. The van der Waals surface area contributed by atoms with Gasteiger partial charge in [0.25, 0.3) is 17.4 Å². The summed E-state index contributed by atoms with van der Waals surface area (Å²) in [7, 11) is 0. The molecule has 8 nitrogen and oxygen atoms in total. The number of aromatic amines is 1. The molecule has 0 fully saturated rings. The molecule has 0 aliphatic carbocycles. The fraction of sp³-hybridized carbons (Fsp3) is 0.261. The number of para-hydroxylation sites is 1. The van der Waals surface area contributed by atoms with Gasteiger partial charge < -0.3 is 9.72 Å². The second kappa shape index (κ2) is 7.79. The Balaban J connectivity index is 1.61. The maximum Gasteiger partial charge on any atom is 0.330 e. The molecular formula is C23H21N3O5. The van der Waals surface area contributed by atoms with Crippen LogP contribution in [0, 0.1) is 5.92 Å². The van der Waals surface area contributed by atoms with Crippen LogP contribution in [-0.4, -0.2) is 38.7 Å². The highest BCUT2D eigenvalue weighted by molar-refractivity contribution is 6.22. The normalized spacial score (nSPS) is 15.3. The summed E-state index contributed by atoms with van der Waals surface area (Å²) in [6.45, 7) is 5.04. The highest BCUT2D eigenvalue weighted by atomic mass is 16.5. The van der Waals surface area contributed by atoms with Gasteiger partial charge in [-0.05, 0) is 37.1 Å². The van der Waals surface area contributed by atoms with E-state index in [1.165, 1.54) is 0 Å². The molecule has 2 heterocycles. The van der Waals surface area contributed by atoms with Crippen molar-refractivity contribution in [2.75, 3.05) is 0 Å². The lowest BCUT2D eigenvalue weighted by Crippen LogP contribution is -2.48. The van der Waals surface area contributed by atoms with Crippen LogP contribution in [-0.2, 0) is 9.53 Å². The maximum atomic E-state index is 13.1. The van der Waals surface area contributed by atoms with Crippen molar-refractivity contribution in [3.63, 3.8) is 0 Å². The standard InChI is InChI=1S/C23H21N3O5/c1-12(2)18(26-21(28)14-8-4-5-9-15(14)22(26)29)23(30)31-13(3)19-24-17-11-7-6-10-16(17)20(27)25-19/h4-13,18H,1-3H3,(H,24,25,27)/t13-,18-/m0/s1. The highest BCUT2D eigenvalue weighted by Crippen LogP contribution is 2.28. The van der Waals surface area contributed by atoms with Crippen molar-refractivity contribution in [2.24, 2.45) is 5.92 Å². The van der Waals surface area contributed by atoms with Crippen molar-refractivity contribution in [1.29, 1.82) is 0 Å². The van der Waals surface area contributed by atoms with E-state index in [0.29, 0.717) is 10.9 Å². The number of amides is 2. The van der Waals surface area contributed by atoms with Gasteiger partial charge in [0.1, 0.15) is 6.04 Å². The molecule has 0 saturated carbocycles. The van der Waals surface area contributed by atoms with Gasteiger partial charge in [-0.25, -0.2) is 9.78 Å². The summed E-state index contributed by atoms with van der Waals surface area (Å²) in [4.78, 5) is 59.0. The Labute approximate surface area is 177 Å². The molecule has 2 atom stereocenters. The summed E-state index contributed by atoms with van der Waals surface area (Å²) in [6.07, 6.45) is -0.888. The molecule has 4 rings (SSSR count). The molecule has 2 aromatic carbocycles. The van der Waals surface area contributed by atoms with Gasteiger partial charge in [-0.1, -0.05) is 38.1 Å². The Morgan fingerprint density at radius 2 is 1.52 bits per heavy atom. The van der Waals surface area contributed by atoms with Crippen LogP contribution >= 0.6 is 0 Å². The van der Waals surface area contributed by atoms with Crippen LogP contribution in [0.4, 0.5) is 0 Å². The molecule has 0 saturated heterocycles. The number of esters is 1. The van der Waals surface area contributed by atoms with E-state index in [1.807, 2.05) is 0 Å². The van der Waals surface area contributed by atoms with Gasteiger partial charge in [0.15, 0.2) is 11.9 Å². The summed E-state index contributed by atoms with van der Waals surface area (Å²) in [5.41, 5.74) is 0.660. The molecule has 0 spiro atoms. The topological polar surface area (TPSA) is 109 Å². The number of rotatable bonds is 5. The molecule has 2 amide bonds. The van der Waals surface area contributed by atoms with Gasteiger partial charge in [0.05, 0.1) is 22.0 Å². The molecule has 8 heteroatoms. The van der Waals surface area contributed by atoms with E-state index in [2.05, 4.69) is 9.97 Å². The number of fused-ring (bicyclic) bond motifs is 2. The number of aromatic nitrogens is 2. The Hall–Kier alpha value is -3.81. The fourth-order valence-electron chi connectivity index (χ4n) is 3.73. The molecule has 158 valence electrons.